The summed E-state index contributed by atoms with van der Waals surface area (Å²) in [5.74, 6) is -0.430. The number of rotatable bonds is 6. The largest absolute Gasteiger partial charge is 0 e. The Morgan fingerprint density at radius 2 is 1.32 bits per heavy atom. The molecule has 0 aliphatic carbocycles. The molecule has 0 heterocycles. The molecular weight excluding hydrogens is 470 g/mol. The molecule has 0 amide bonds. The van der Waals surface area contributed by atoms with Crippen LogP contribution < -0.4 is 0 Å². The van der Waals surface area contributed by atoms with Crippen LogP contribution in [0.2, 0.25) is 0 Å². The van der Waals surface area contributed by atoms with Crippen LogP contribution in [0.3, 0.4) is 0 Å². The van der Waals surface area contributed by atoms with Gasteiger partial charge in [-0.05, 0) is 37.4 Å². The number of ether oxygens (including phenoxy) is 1. The number of carbonyl (C=O) groups excluding carboxylic acids is 1. The van der Waals surface area contributed by atoms with Gasteiger partial charge in [0.05, 0.1) is 0 Å². The van der Waals surface area contributed by atoms with Gasteiger partial charge in [-0.25, -0.2) is 4.79 Å². The van der Waals surface area contributed by atoms with Gasteiger partial charge in [0.1, 0.15) is 0 Å². The number of hydrogen-bond donors (Lipinski definition) is 0. The number of carbonyl (C=O) groups is 1. The molecule has 0 spiro atoms. The zero-order valence-corrected chi connectivity index (χ0v) is 20.5. The van der Waals surface area contributed by atoms with Crippen molar-refractivity contribution in [3.05, 3.63) is 116 Å². The third-order valence-corrected chi connectivity index (χ3v) is 5.01. The Morgan fingerprint density at radius 1 is 0.853 bits per heavy atom. The minimum atomic E-state index is -0.500. The van der Waals surface area contributed by atoms with Crippen molar-refractivity contribution in [2.75, 3.05) is 14.1 Å². The average Bonchev–Trinajstić information content (AvgIpc) is 2.90. The molecular formula is C27H25CrNO5. The molecule has 3 aromatic carbocycles. The van der Waals surface area contributed by atoms with E-state index in [0.29, 0.717) is 0 Å². The van der Waals surface area contributed by atoms with Gasteiger partial charge in [-0.2, -0.15) is 0 Å². The predicted molar refractivity (Wildman–Crippen MR) is 122 cm³/mol. The Bertz CT molecular complexity index is 1090. The molecule has 34 heavy (non-hydrogen) atoms. The number of esters is 1. The van der Waals surface area contributed by atoms with E-state index in [2.05, 4.69) is 62.6 Å². The Hall–Kier alpha value is -3.16. The fourth-order valence-electron chi connectivity index (χ4n) is 3.35. The molecule has 0 fully saturated rings. The van der Waals surface area contributed by atoms with Crippen LogP contribution in [0.25, 0.3) is 10.8 Å². The third-order valence-electron chi connectivity index (χ3n) is 5.01. The van der Waals surface area contributed by atoms with Crippen molar-refractivity contribution in [2.24, 2.45) is 0 Å². The van der Waals surface area contributed by atoms with E-state index < -0.39 is 12.1 Å². The van der Waals surface area contributed by atoms with Crippen molar-refractivity contribution in [3.8, 4) is 0 Å². The van der Waals surface area contributed by atoms with E-state index in [0.717, 1.165) is 27.5 Å². The number of fused-ring (bicyclic) bond motifs is 1. The Kier molecular flexibility index (Phi) is 17.8. The monoisotopic (exact) mass is 495 g/mol. The van der Waals surface area contributed by atoms with Gasteiger partial charge in [0.2, 0.25) is 0 Å². The van der Waals surface area contributed by atoms with Crippen LogP contribution in [-0.2, 0) is 40.8 Å². The van der Waals surface area contributed by atoms with Gasteiger partial charge in [-0.1, -0.05) is 73.3 Å². The predicted octanol–water partition coefficient (Wildman–Crippen LogP) is 5.17. The van der Waals surface area contributed by atoms with Crippen molar-refractivity contribution in [2.45, 2.75) is 19.1 Å². The summed E-state index contributed by atoms with van der Waals surface area (Å²) >= 11 is 0. The second-order valence-corrected chi connectivity index (χ2v) is 6.86. The Morgan fingerprint density at radius 3 is 1.88 bits per heavy atom. The topological polar surface area (TPSA) is 89.2 Å². The molecule has 3 rings (SSSR count). The molecule has 0 unspecified atom stereocenters. The van der Waals surface area contributed by atoms with Crippen LogP contribution in [0.15, 0.2) is 79.4 Å². The first kappa shape index (κ1) is 33.0. The first-order valence-electron chi connectivity index (χ1n) is 9.70. The normalized spacial score (nSPS) is 10.8. The van der Waals surface area contributed by atoms with Gasteiger partial charge in [0.15, 0.2) is 6.10 Å². The second kappa shape index (κ2) is 18.3. The van der Waals surface area contributed by atoms with Crippen LogP contribution in [-0.4, -0.2) is 25.0 Å². The number of benzene rings is 3. The van der Waals surface area contributed by atoms with Crippen molar-refractivity contribution in [1.29, 1.82) is 0 Å². The zero-order valence-electron chi connectivity index (χ0n) is 19.2. The molecule has 7 heteroatoms. The zero-order chi connectivity index (χ0) is 25.4. The van der Waals surface area contributed by atoms with E-state index in [4.69, 9.17) is 18.7 Å². The summed E-state index contributed by atoms with van der Waals surface area (Å²) in [6.45, 7) is 19.2. The smallest absolute Gasteiger partial charge is 0 e. The summed E-state index contributed by atoms with van der Waals surface area (Å²) in [5.41, 5.74) is 3.10. The van der Waals surface area contributed by atoms with Crippen LogP contribution in [0.1, 0.15) is 35.8 Å². The van der Waals surface area contributed by atoms with Gasteiger partial charge in [-0.15, -0.1) is 0 Å². The van der Waals surface area contributed by atoms with Gasteiger partial charge < -0.3 is 9.64 Å². The van der Waals surface area contributed by atoms with Crippen molar-refractivity contribution < 1.29 is 40.8 Å². The molecule has 174 valence electrons. The Balaban J connectivity index is 0. The van der Waals surface area contributed by atoms with Crippen LogP contribution in [0.4, 0.5) is 0 Å². The minimum Gasteiger partial charge on any atom is 0 e. The summed E-state index contributed by atoms with van der Waals surface area (Å²) in [6, 6.07) is 22.6. The van der Waals surface area contributed by atoms with E-state index in [9.17, 15) is 4.79 Å². The molecule has 2 atom stereocenters. The molecule has 0 N–H and O–H groups in total. The summed E-state index contributed by atoms with van der Waals surface area (Å²) < 4.78 is 28.4. The average molecular weight is 495 g/mol. The summed E-state index contributed by atoms with van der Waals surface area (Å²) in [6.07, 6.45) is 0.719. The van der Waals surface area contributed by atoms with Crippen molar-refractivity contribution in [1.82, 2.24) is 4.90 Å². The summed E-state index contributed by atoms with van der Waals surface area (Å²) in [4.78, 5) is 14.3. The van der Waals surface area contributed by atoms with E-state index in [1.54, 1.807) is 0 Å². The molecule has 0 aliphatic rings. The van der Waals surface area contributed by atoms with Crippen molar-refractivity contribution >= 4 is 16.7 Å². The molecule has 0 aromatic heterocycles. The minimum absolute atomic E-state index is 0. The standard InChI is InChI=1S/C24H25NO2.3CO.Cr/c1-5-23(26)27-24(21-15-9-8-13-19(21)17(2)25(3)4)22-16-10-12-18-11-6-7-14-20(18)22;3*1-2;/h5-17,24H,1H2,2-4H3;;;;/t17-,24-;;;;/m1..../s1. The van der Waals surface area contributed by atoms with Crippen LogP contribution in [0.5, 0.6) is 0 Å². The van der Waals surface area contributed by atoms with Crippen molar-refractivity contribution in [3.63, 3.8) is 0 Å². The number of hydrogen-bond acceptors (Lipinski definition) is 3. The fourth-order valence-corrected chi connectivity index (χ4v) is 3.35. The number of nitrogens with zero attached hydrogens (tertiary/aromatic N) is 1. The van der Waals surface area contributed by atoms with E-state index in [1.165, 1.54) is 6.08 Å². The molecule has 0 saturated heterocycles. The maximum atomic E-state index is 12.2. The van der Waals surface area contributed by atoms with Gasteiger partial charge in [0.25, 0.3) is 0 Å². The molecule has 0 aliphatic heterocycles. The van der Waals surface area contributed by atoms with E-state index >= 15 is 0 Å². The molecule has 3 aromatic rings. The summed E-state index contributed by atoms with van der Waals surface area (Å²) in [7, 11) is 4.09. The SMILES string of the molecule is C=CC(=O)O[C@H](c1ccccc1[C@@H](C)N(C)C)c1cccc2ccccc12.[C-]#[O+].[C-]#[O+].[C-]#[O+].[Cr]. The first-order chi connectivity index (χ1) is 16.0. The molecule has 0 radical (unpaired) electrons. The second-order valence-electron chi connectivity index (χ2n) is 6.86. The third kappa shape index (κ3) is 8.65. The maximum absolute atomic E-state index is 12.2. The summed E-state index contributed by atoms with van der Waals surface area (Å²) in [5, 5.41) is 2.20. The maximum Gasteiger partial charge on any atom is 0 e. The van der Waals surface area contributed by atoms with Gasteiger partial charge >= 0.3 is 39.9 Å². The molecule has 0 bridgehead atoms. The Labute approximate surface area is 211 Å². The van der Waals surface area contributed by atoms with Gasteiger partial charge in [0, 0.05) is 40.6 Å². The van der Waals surface area contributed by atoms with E-state index in [1.807, 2.05) is 56.6 Å². The van der Waals surface area contributed by atoms with E-state index in [-0.39, 0.29) is 23.4 Å². The molecule has 6 nitrogen and oxygen atoms in total. The first-order valence-corrected chi connectivity index (χ1v) is 9.70. The van der Waals surface area contributed by atoms with Gasteiger partial charge in [-0.3, -0.25) is 0 Å². The fraction of sp³-hybridized carbons (Fsp3) is 0.185. The van der Waals surface area contributed by atoms with Crippen LogP contribution in [0, 0.1) is 20.0 Å². The quantitative estimate of drug-likeness (QED) is 0.205. The molecule has 0 saturated carbocycles. The van der Waals surface area contributed by atoms with Crippen LogP contribution >= 0.6 is 0 Å².